The van der Waals surface area contributed by atoms with Crippen LogP contribution >= 0.6 is 23.6 Å². The lowest BCUT2D eigenvalue weighted by atomic mass is 10.3. The van der Waals surface area contributed by atoms with Crippen molar-refractivity contribution in [3.8, 4) is 16.5 Å². The van der Waals surface area contributed by atoms with Crippen molar-refractivity contribution in [3.63, 3.8) is 0 Å². The fourth-order valence-corrected chi connectivity index (χ4v) is 3.12. The third kappa shape index (κ3) is 3.72. The number of aromatic amines is 1. The van der Waals surface area contributed by atoms with Crippen LogP contribution in [0.15, 0.2) is 41.8 Å². The largest absolute Gasteiger partial charge is 0.494 e. The van der Waals surface area contributed by atoms with Crippen LogP contribution in [0.25, 0.3) is 10.7 Å². The van der Waals surface area contributed by atoms with E-state index in [-0.39, 0.29) is 12.5 Å². The quantitative estimate of drug-likeness (QED) is 0.658. The number of aromatic nitrogens is 3. The van der Waals surface area contributed by atoms with Crippen molar-refractivity contribution in [1.29, 1.82) is 0 Å². The maximum atomic E-state index is 12.3. The molecule has 3 aromatic rings. The molecule has 0 aliphatic carbocycles. The van der Waals surface area contributed by atoms with E-state index in [9.17, 15) is 4.79 Å². The molecule has 0 saturated carbocycles. The van der Waals surface area contributed by atoms with Crippen LogP contribution in [0.1, 0.15) is 6.92 Å². The molecule has 1 amide bonds. The van der Waals surface area contributed by atoms with E-state index in [1.165, 1.54) is 0 Å². The van der Waals surface area contributed by atoms with Crippen molar-refractivity contribution in [2.75, 3.05) is 11.9 Å². The molecule has 0 aliphatic rings. The van der Waals surface area contributed by atoms with Crippen molar-refractivity contribution >= 4 is 35.1 Å². The van der Waals surface area contributed by atoms with Gasteiger partial charge in [-0.3, -0.25) is 14.5 Å². The number of amides is 1. The highest BCUT2D eigenvalue weighted by atomic mass is 32.1. The average Bonchev–Trinajstić information content (AvgIpc) is 3.20. The number of H-pyrrole nitrogens is 1. The topological polar surface area (TPSA) is 71.9 Å². The summed E-state index contributed by atoms with van der Waals surface area (Å²) in [4.78, 5) is 13.3. The molecule has 0 unspecified atom stereocenters. The van der Waals surface area contributed by atoms with Gasteiger partial charge in [-0.05, 0) is 54.9 Å². The first-order chi connectivity index (χ1) is 11.7. The van der Waals surface area contributed by atoms with Gasteiger partial charge in [0.15, 0.2) is 10.6 Å². The van der Waals surface area contributed by atoms with Crippen molar-refractivity contribution in [3.05, 3.63) is 46.5 Å². The molecule has 2 heterocycles. The number of benzene rings is 1. The molecule has 24 heavy (non-hydrogen) atoms. The van der Waals surface area contributed by atoms with Gasteiger partial charge in [0.2, 0.25) is 5.91 Å². The van der Waals surface area contributed by atoms with Crippen molar-refractivity contribution in [2.45, 2.75) is 13.5 Å². The summed E-state index contributed by atoms with van der Waals surface area (Å²) in [5.41, 5.74) is 0.705. The molecular weight excluding hydrogens is 344 g/mol. The van der Waals surface area contributed by atoms with E-state index in [4.69, 9.17) is 17.0 Å². The first-order valence-corrected chi connectivity index (χ1v) is 8.68. The number of hydrogen-bond acceptors (Lipinski definition) is 5. The second kappa shape index (κ2) is 7.41. The predicted molar refractivity (Wildman–Crippen MR) is 97.0 cm³/mol. The number of carbonyl (C=O) groups excluding carboxylic acids is 1. The Morgan fingerprint density at radius 1 is 1.38 bits per heavy atom. The molecule has 2 aromatic heterocycles. The molecule has 0 atom stereocenters. The minimum Gasteiger partial charge on any atom is -0.494 e. The van der Waals surface area contributed by atoms with Gasteiger partial charge < -0.3 is 10.1 Å². The summed E-state index contributed by atoms with van der Waals surface area (Å²) >= 11 is 6.77. The van der Waals surface area contributed by atoms with Crippen molar-refractivity contribution in [1.82, 2.24) is 14.8 Å². The van der Waals surface area contributed by atoms with E-state index >= 15 is 0 Å². The van der Waals surface area contributed by atoms with Gasteiger partial charge in [0.25, 0.3) is 0 Å². The second-order valence-electron chi connectivity index (χ2n) is 4.92. The first-order valence-electron chi connectivity index (χ1n) is 7.39. The van der Waals surface area contributed by atoms with Crippen LogP contribution in [0.5, 0.6) is 5.75 Å². The highest BCUT2D eigenvalue weighted by Crippen LogP contribution is 2.23. The second-order valence-corrected chi connectivity index (χ2v) is 6.26. The van der Waals surface area contributed by atoms with Crippen LogP contribution < -0.4 is 10.1 Å². The summed E-state index contributed by atoms with van der Waals surface area (Å²) < 4.78 is 7.48. The van der Waals surface area contributed by atoms with Crippen LogP contribution in [-0.2, 0) is 11.3 Å². The molecule has 2 N–H and O–H groups in total. The number of anilines is 1. The van der Waals surface area contributed by atoms with E-state index < -0.39 is 0 Å². The molecule has 6 nitrogen and oxygen atoms in total. The highest BCUT2D eigenvalue weighted by Gasteiger charge is 2.13. The summed E-state index contributed by atoms with van der Waals surface area (Å²) in [5.74, 6) is 1.26. The Kier molecular flexibility index (Phi) is 5.07. The van der Waals surface area contributed by atoms with E-state index in [0.717, 1.165) is 10.6 Å². The number of rotatable bonds is 6. The summed E-state index contributed by atoms with van der Waals surface area (Å²) in [5, 5.41) is 11.8. The van der Waals surface area contributed by atoms with E-state index in [0.29, 0.717) is 22.9 Å². The van der Waals surface area contributed by atoms with Gasteiger partial charge in [-0.15, -0.1) is 11.3 Å². The lowest BCUT2D eigenvalue weighted by Gasteiger charge is -2.08. The zero-order valence-electron chi connectivity index (χ0n) is 13.0. The Bertz CT molecular complexity index is 866. The third-order valence-corrected chi connectivity index (χ3v) is 4.43. The van der Waals surface area contributed by atoms with Gasteiger partial charge >= 0.3 is 0 Å². The zero-order valence-corrected chi connectivity index (χ0v) is 14.6. The molecule has 8 heteroatoms. The Hall–Kier alpha value is -2.45. The number of hydrogen-bond donors (Lipinski definition) is 2. The summed E-state index contributed by atoms with van der Waals surface area (Å²) in [6.07, 6.45) is 0. The van der Waals surface area contributed by atoms with E-state index in [2.05, 4.69) is 15.5 Å². The zero-order chi connectivity index (χ0) is 16.9. The molecule has 0 fully saturated rings. The van der Waals surface area contributed by atoms with Crippen molar-refractivity contribution in [2.24, 2.45) is 0 Å². The van der Waals surface area contributed by atoms with Gasteiger partial charge in [0, 0.05) is 5.69 Å². The lowest BCUT2D eigenvalue weighted by Crippen LogP contribution is -2.19. The molecule has 1 aromatic carbocycles. The van der Waals surface area contributed by atoms with Crippen LogP contribution in [-0.4, -0.2) is 27.3 Å². The molecule has 0 radical (unpaired) electrons. The Balaban J connectivity index is 1.71. The fourth-order valence-electron chi connectivity index (χ4n) is 2.20. The minimum absolute atomic E-state index is 0.0930. The fraction of sp³-hybridized carbons (Fsp3) is 0.188. The van der Waals surface area contributed by atoms with Crippen LogP contribution in [0.4, 0.5) is 5.69 Å². The normalized spacial score (nSPS) is 10.5. The summed E-state index contributed by atoms with van der Waals surface area (Å²) in [7, 11) is 0. The first kappa shape index (κ1) is 16.4. The highest BCUT2D eigenvalue weighted by molar-refractivity contribution is 7.71. The maximum absolute atomic E-state index is 12.3. The number of ether oxygens (including phenoxy) is 1. The summed E-state index contributed by atoms with van der Waals surface area (Å²) in [6, 6.07) is 11.1. The standard InChI is InChI=1S/C16H16N4O2S2/c1-2-22-12-7-5-11(6-8-12)17-14(21)10-20-15(18-19-16(20)23)13-4-3-9-24-13/h3-9H,2,10H2,1H3,(H,17,21)(H,19,23). The Labute approximate surface area is 148 Å². The summed E-state index contributed by atoms with van der Waals surface area (Å²) in [6.45, 7) is 2.63. The number of thiophene rings is 1. The SMILES string of the molecule is CCOc1ccc(NC(=O)Cn2c(-c3cccs3)n[nH]c2=S)cc1. The smallest absolute Gasteiger partial charge is 0.244 e. The van der Waals surface area contributed by atoms with E-state index in [1.807, 2.05) is 36.6 Å². The van der Waals surface area contributed by atoms with Gasteiger partial charge in [-0.2, -0.15) is 5.10 Å². The molecule has 0 spiro atoms. The molecular formula is C16H16N4O2S2. The van der Waals surface area contributed by atoms with Crippen LogP contribution in [0.2, 0.25) is 0 Å². The van der Waals surface area contributed by atoms with Gasteiger partial charge in [-0.25, -0.2) is 0 Å². The average molecular weight is 360 g/mol. The molecule has 0 aliphatic heterocycles. The number of carbonyl (C=O) groups is 1. The predicted octanol–water partition coefficient (Wildman–Crippen LogP) is 3.71. The Morgan fingerprint density at radius 3 is 2.83 bits per heavy atom. The number of nitrogens with zero attached hydrogens (tertiary/aromatic N) is 2. The van der Waals surface area contributed by atoms with Gasteiger partial charge in [-0.1, -0.05) is 6.07 Å². The molecule has 0 saturated heterocycles. The van der Waals surface area contributed by atoms with E-state index in [1.54, 1.807) is 28.0 Å². The molecule has 124 valence electrons. The van der Waals surface area contributed by atoms with Crippen LogP contribution in [0.3, 0.4) is 0 Å². The van der Waals surface area contributed by atoms with Gasteiger partial charge in [0.05, 0.1) is 11.5 Å². The third-order valence-electron chi connectivity index (χ3n) is 3.25. The van der Waals surface area contributed by atoms with Crippen LogP contribution in [0, 0.1) is 4.77 Å². The number of nitrogens with one attached hydrogen (secondary N) is 2. The lowest BCUT2D eigenvalue weighted by molar-refractivity contribution is -0.116. The monoisotopic (exact) mass is 360 g/mol. The van der Waals surface area contributed by atoms with Gasteiger partial charge in [0.1, 0.15) is 12.3 Å². The molecule has 3 rings (SSSR count). The Morgan fingerprint density at radius 2 is 2.17 bits per heavy atom. The van der Waals surface area contributed by atoms with Crippen molar-refractivity contribution < 1.29 is 9.53 Å². The minimum atomic E-state index is -0.172. The molecule has 0 bridgehead atoms. The maximum Gasteiger partial charge on any atom is 0.244 e.